The second-order valence-corrected chi connectivity index (χ2v) is 16.5. The zero-order chi connectivity index (χ0) is 37.5. The van der Waals surface area contributed by atoms with Gasteiger partial charge in [0, 0.05) is 73.4 Å². The van der Waals surface area contributed by atoms with Gasteiger partial charge in [-0.3, -0.25) is 0 Å². The lowest BCUT2D eigenvalue weighted by atomic mass is 9.94. The van der Waals surface area contributed by atoms with E-state index in [1.54, 1.807) is 0 Å². The maximum atomic E-state index is 6.19. The lowest BCUT2D eigenvalue weighted by Crippen LogP contribution is -1.99. The van der Waals surface area contributed by atoms with E-state index in [1.807, 2.05) is 95.5 Å². The Balaban J connectivity index is 1.01. The van der Waals surface area contributed by atoms with Crippen LogP contribution in [-0.4, -0.2) is 15.0 Å². The number of hydrogen-bond acceptors (Lipinski definition) is 6. The molecule has 0 N–H and O–H groups in total. The van der Waals surface area contributed by atoms with Crippen LogP contribution in [0.3, 0.4) is 0 Å². The van der Waals surface area contributed by atoms with Crippen molar-refractivity contribution in [3.63, 3.8) is 0 Å². The van der Waals surface area contributed by atoms with Gasteiger partial charge in [-0.2, -0.15) is 0 Å². The summed E-state index contributed by atoms with van der Waals surface area (Å²) in [6.07, 6.45) is 0. The number of para-hydroxylation sites is 1. The highest BCUT2D eigenvalue weighted by Crippen LogP contribution is 2.45. The smallest absolute Gasteiger partial charge is 0.164 e. The van der Waals surface area contributed by atoms with Crippen LogP contribution in [-0.2, 0) is 0 Å². The fraction of sp³-hybridized carbons (Fsp3) is 0. The first-order chi connectivity index (χ1) is 28.2. The van der Waals surface area contributed by atoms with Crippen molar-refractivity contribution < 1.29 is 4.42 Å². The minimum Gasteiger partial charge on any atom is -0.456 e. The van der Waals surface area contributed by atoms with Crippen LogP contribution >= 0.6 is 22.7 Å². The van der Waals surface area contributed by atoms with Crippen molar-refractivity contribution in [1.82, 2.24) is 15.0 Å². The Bertz CT molecular complexity index is 3470. The van der Waals surface area contributed by atoms with Gasteiger partial charge in [-0.25, -0.2) is 15.0 Å². The first kappa shape index (κ1) is 32.3. The summed E-state index contributed by atoms with van der Waals surface area (Å²) in [5, 5.41) is 7.31. The lowest BCUT2D eigenvalue weighted by molar-refractivity contribution is 0.669. The van der Waals surface area contributed by atoms with E-state index in [0.717, 1.165) is 38.6 Å². The van der Waals surface area contributed by atoms with Gasteiger partial charge in [-0.15, -0.1) is 22.7 Å². The van der Waals surface area contributed by atoms with Crippen LogP contribution in [0.1, 0.15) is 0 Å². The van der Waals surface area contributed by atoms with Crippen molar-refractivity contribution in [3.8, 4) is 56.4 Å². The Morgan fingerprint density at radius 1 is 0.316 bits per heavy atom. The molecule has 0 bridgehead atoms. The number of aromatic nitrogens is 3. The van der Waals surface area contributed by atoms with Crippen molar-refractivity contribution >= 4 is 85.0 Å². The van der Waals surface area contributed by atoms with Crippen molar-refractivity contribution in [2.75, 3.05) is 0 Å². The quantitative estimate of drug-likeness (QED) is 0.175. The SMILES string of the molecule is c1ccc(-c2nc(-c3ccccc3)nc(-c3ccc4c(c3)sc3ccc(-c5cc(-c6ccc7oc8ccccc8c7c6)cc6c5sc5ccccc56)cc34)n2)cc1. The third-order valence-corrected chi connectivity index (χ3v) is 13.3. The third-order valence-electron chi connectivity index (χ3n) is 10.9. The molecule has 0 aliphatic carbocycles. The number of furan rings is 1. The summed E-state index contributed by atoms with van der Waals surface area (Å²) in [5.74, 6) is 1.98. The molecule has 8 aromatic carbocycles. The van der Waals surface area contributed by atoms with Gasteiger partial charge in [0.2, 0.25) is 0 Å². The summed E-state index contributed by atoms with van der Waals surface area (Å²) in [6.45, 7) is 0. The Morgan fingerprint density at radius 3 is 1.68 bits per heavy atom. The Hall–Kier alpha value is -6.99. The van der Waals surface area contributed by atoms with Gasteiger partial charge >= 0.3 is 0 Å². The van der Waals surface area contributed by atoms with Gasteiger partial charge in [0.1, 0.15) is 11.2 Å². The molecule has 0 fully saturated rings. The summed E-state index contributed by atoms with van der Waals surface area (Å²) in [7, 11) is 0. The average molecular weight is 764 g/mol. The van der Waals surface area contributed by atoms with Crippen LogP contribution in [0.2, 0.25) is 0 Å². The Kier molecular flexibility index (Phi) is 7.24. The van der Waals surface area contributed by atoms with Gasteiger partial charge in [0.05, 0.1) is 0 Å². The topological polar surface area (TPSA) is 51.8 Å². The zero-order valence-electron chi connectivity index (χ0n) is 30.3. The van der Waals surface area contributed by atoms with Crippen molar-refractivity contribution in [2.45, 2.75) is 0 Å². The molecule has 0 saturated heterocycles. The summed E-state index contributed by atoms with van der Waals surface area (Å²) in [4.78, 5) is 14.9. The number of nitrogens with zero attached hydrogens (tertiary/aromatic N) is 3. The normalized spacial score (nSPS) is 11.9. The molecule has 6 heteroatoms. The van der Waals surface area contributed by atoms with Crippen LogP contribution < -0.4 is 0 Å². The molecule has 12 rings (SSSR count). The summed E-state index contributed by atoms with van der Waals surface area (Å²) < 4.78 is 11.2. The maximum absolute atomic E-state index is 6.19. The minimum atomic E-state index is 0.660. The van der Waals surface area contributed by atoms with E-state index in [4.69, 9.17) is 19.4 Å². The van der Waals surface area contributed by atoms with Gasteiger partial charge < -0.3 is 4.42 Å². The summed E-state index contributed by atoms with van der Waals surface area (Å²) in [5.41, 5.74) is 9.51. The molecule has 0 unspecified atom stereocenters. The average Bonchev–Trinajstić information content (AvgIpc) is 3.97. The predicted octanol–water partition coefficient (Wildman–Crippen LogP) is 14.8. The molecule has 4 heterocycles. The Labute approximate surface area is 335 Å². The molecule has 12 aromatic rings. The fourth-order valence-corrected chi connectivity index (χ4v) is 10.5. The standard InChI is InChI=1S/C51H29N3OS2/c1-3-11-30(12-4-1)49-52-50(31-13-5-2-6-14-31)54-51(53-49)34-19-22-38-41-26-33(21-24-46(41)56-47(38)29-34)39-27-35(28-42-37-16-8-10-18-45(37)57-48(39)42)32-20-23-44-40(25-32)36-15-7-9-17-43(36)55-44/h1-29H. The third kappa shape index (κ3) is 5.37. The van der Waals surface area contributed by atoms with Crippen LogP contribution in [0, 0.1) is 0 Å². The van der Waals surface area contributed by atoms with E-state index in [1.165, 1.54) is 62.6 Å². The minimum absolute atomic E-state index is 0.660. The predicted molar refractivity (Wildman–Crippen MR) is 240 cm³/mol. The molecule has 0 amide bonds. The Morgan fingerprint density at radius 2 is 0.895 bits per heavy atom. The van der Waals surface area contributed by atoms with E-state index in [2.05, 4.69) is 103 Å². The van der Waals surface area contributed by atoms with Crippen LogP contribution in [0.5, 0.6) is 0 Å². The van der Waals surface area contributed by atoms with E-state index in [-0.39, 0.29) is 0 Å². The molecule has 0 aliphatic heterocycles. The van der Waals surface area contributed by atoms with Crippen molar-refractivity contribution in [1.29, 1.82) is 0 Å². The van der Waals surface area contributed by atoms with Gasteiger partial charge in [0.15, 0.2) is 17.5 Å². The number of benzene rings is 8. The number of rotatable bonds is 5. The van der Waals surface area contributed by atoms with E-state index < -0.39 is 0 Å². The zero-order valence-corrected chi connectivity index (χ0v) is 31.9. The molecule has 0 atom stereocenters. The molecule has 0 radical (unpaired) electrons. The first-order valence-corrected chi connectivity index (χ1v) is 20.5. The van der Waals surface area contributed by atoms with Gasteiger partial charge in [0.25, 0.3) is 0 Å². The number of hydrogen-bond donors (Lipinski definition) is 0. The second kappa shape index (κ2) is 12.8. The highest BCUT2D eigenvalue weighted by atomic mass is 32.1. The highest BCUT2D eigenvalue weighted by molar-refractivity contribution is 7.26. The van der Waals surface area contributed by atoms with Gasteiger partial charge in [-0.05, 0) is 71.3 Å². The fourth-order valence-electron chi connectivity index (χ4n) is 8.14. The van der Waals surface area contributed by atoms with Crippen LogP contribution in [0.15, 0.2) is 180 Å². The molecule has 4 nitrogen and oxygen atoms in total. The van der Waals surface area contributed by atoms with Crippen molar-refractivity contribution in [3.05, 3.63) is 176 Å². The molecule has 57 heavy (non-hydrogen) atoms. The van der Waals surface area contributed by atoms with Crippen LogP contribution in [0.25, 0.3) is 119 Å². The van der Waals surface area contributed by atoms with E-state index >= 15 is 0 Å². The summed E-state index contributed by atoms with van der Waals surface area (Å²) in [6, 6.07) is 62.2. The molecule has 0 spiro atoms. The molecule has 0 aliphatic rings. The lowest BCUT2D eigenvalue weighted by Gasteiger charge is -2.10. The molecular formula is C51H29N3OS2. The number of thiophene rings is 2. The van der Waals surface area contributed by atoms with Crippen molar-refractivity contribution in [2.24, 2.45) is 0 Å². The number of fused-ring (bicyclic) bond motifs is 9. The first-order valence-electron chi connectivity index (χ1n) is 18.9. The van der Waals surface area contributed by atoms with E-state index in [0.29, 0.717) is 17.5 Å². The molecular weight excluding hydrogens is 735 g/mol. The molecule has 266 valence electrons. The van der Waals surface area contributed by atoms with Gasteiger partial charge in [-0.1, -0.05) is 121 Å². The largest absolute Gasteiger partial charge is 0.456 e. The van der Waals surface area contributed by atoms with Crippen LogP contribution in [0.4, 0.5) is 0 Å². The molecule has 0 saturated carbocycles. The molecule has 4 aromatic heterocycles. The summed E-state index contributed by atoms with van der Waals surface area (Å²) >= 11 is 3.68. The maximum Gasteiger partial charge on any atom is 0.164 e. The second-order valence-electron chi connectivity index (χ2n) is 14.4. The van der Waals surface area contributed by atoms with E-state index in [9.17, 15) is 0 Å². The highest BCUT2D eigenvalue weighted by Gasteiger charge is 2.18. The monoisotopic (exact) mass is 763 g/mol.